The molecule has 0 bridgehead atoms. The maximum absolute atomic E-state index is 4.11. The third-order valence-corrected chi connectivity index (χ3v) is 4.13. The minimum absolute atomic E-state index is 1.04. The Kier molecular flexibility index (Phi) is 21.7. The van der Waals surface area contributed by atoms with Gasteiger partial charge in [-0.05, 0) is 42.4 Å². The smallest absolute Gasteiger partial charge is 0.0277 e. The molecule has 0 aromatic heterocycles. The number of rotatable bonds is 6. The summed E-state index contributed by atoms with van der Waals surface area (Å²) in [5.41, 5.74) is 5.52. The molecule has 0 saturated carbocycles. The van der Waals surface area contributed by atoms with Crippen LogP contribution in [0.5, 0.6) is 0 Å². The van der Waals surface area contributed by atoms with Gasteiger partial charge in [-0.3, -0.25) is 4.99 Å². The Balaban J connectivity index is 0. The number of hydrogen-bond acceptors (Lipinski definition) is 1. The van der Waals surface area contributed by atoms with Crippen molar-refractivity contribution in [2.24, 2.45) is 4.99 Å². The maximum Gasteiger partial charge on any atom is 0.0277 e. The van der Waals surface area contributed by atoms with Gasteiger partial charge in [-0.25, -0.2) is 0 Å². The van der Waals surface area contributed by atoms with Gasteiger partial charge in [0.2, 0.25) is 0 Å². The molecule has 158 valence electrons. The first-order chi connectivity index (χ1) is 13.7. The van der Waals surface area contributed by atoms with E-state index < -0.39 is 0 Å². The van der Waals surface area contributed by atoms with Gasteiger partial charge in [-0.1, -0.05) is 115 Å². The third-order valence-electron chi connectivity index (χ3n) is 4.13. The van der Waals surface area contributed by atoms with Crippen LogP contribution in [0.15, 0.2) is 64.7 Å². The molecule has 2 rings (SSSR count). The lowest BCUT2D eigenvalue weighted by Gasteiger charge is -2.13. The molecule has 1 heteroatoms. The summed E-state index contributed by atoms with van der Waals surface area (Å²) < 4.78 is 0. The SMILES string of the molecule is CC.CC.CC/C(C=NC)=C/CC1=CC(c2ccccc2)=CCC1.CCCC. The van der Waals surface area contributed by atoms with Gasteiger partial charge in [0.15, 0.2) is 0 Å². The van der Waals surface area contributed by atoms with Crippen LogP contribution in [0.2, 0.25) is 0 Å². The van der Waals surface area contributed by atoms with Crippen LogP contribution in [-0.2, 0) is 0 Å². The molecule has 0 unspecified atom stereocenters. The van der Waals surface area contributed by atoms with E-state index in [0.717, 1.165) is 19.3 Å². The number of unbranched alkanes of at least 4 members (excludes halogenated alkanes) is 1. The van der Waals surface area contributed by atoms with Crippen molar-refractivity contribution >= 4 is 11.8 Å². The van der Waals surface area contributed by atoms with E-state index in [1.807, 2.05) is 41.0 Å². The van der Waals surface area contributed by atoms with E-state index in [-0.39, 0.29) is 0 Å². The maximum atomic E-state index is 4.11. The molecule has 1 aromatic rings. The van der Waals surface area contributed by atoms with E-state index in [9.17, 15) is 0 Å². The van der Waals surface area contributed by atoms with Crippen molar-refractivity contribution in [2.75, 3.05) is 7.05 Å². The fraction of sp³-hybridized carbons (Fsp3) is 0.519. The second kappa shape index (κ2) is 21.4. The standard InChI is InChI=1S/C19H23N.C4H10.2C2H6/c1-3-16(15-20-2)12-13-17-8-7-11-19(14-17)18-9-5-4-6-10-18;1-3-4-2;2*1-2/h4-6,9-12,14-15H,3,7-8,13H2,1-2H3;3-4H2,1-2H3;2*1-2H3/b16-12-,20-15?;;;. The summed E-state index contributed by atoms with van der Waals surface area (Å²) >= 11 is 0. The molecule has 0 fully saturated rings. The van der Waals surface area contributed by atoms with Crippen LogP contribution in [0.25, 0.3) is 5.57 Å². The molecule has 0 radical (unpaired) electrons. The van der Waals surface area contributed by atoms with Gasteiger partial charge in [0.05, 0.1) is 0 Å². The van der Waals surface area contributed by atoms with Crippen LogP contribution in [0.1, 0.15) is 92.6 Å². The van der Waals surface area contributed by atoms with Gasteiger partial charge in [0, 0.05) is 13.3 Å². The number of hydrogen-bond donors (Lipinski definition) is 0. The summed E-state index contributed by atoms with van der Waals surface area (Å²) in [5, 5.41) is 0. The first-order valence-corrected chi connectivity index (χ1v) is 11.3. The van der Waals surface area contributed by atoms with Crippen LogP contribution >= 0.6 is 0 Å². The number of nitrogens with zero attached hydrogens (tertiary/aromatic N) is 1. The third kappa shape index (κ3) is 13.3. The quantitative estimate of drug-likeness (QED) is 0.434. The van der Waals surface area contributed by atoms with Gasteiger partial charge in [-0.15, -0.1) is 0 Å². The second-order valence-electron chi connectivity index (χ2n) is 6.09. The van der Waals surface area contributed by atoms with Gasteiger partial charge in [0.1, 0.15) is 0 Å². The van der Waals surface area contributed by atoms with E-state index in [1.54, 1.807) is 0 Å². The zero-order valence-corrected chi connectivity index (χ0v) is 19.9. The topological polar surface area (TPSA) is 12.4 Å². The highest BCUT2D eigenvalue weighted by molar-refractivity contribution is 5.78. The summed E-state index contributed by atoms with van der Waals surface area (Å²) in [6, 6.07) is 10.6. The molecular formula is C27H45N. The molecule has 0 amide bonds. The first kappa shape index (κ1) is 28.3. The van der Waals surface area contributed by atoms with Crippen molar-refractivity contribution in [3.8, 4) is 0 Å². The Hall–Kier alpha value is -1.89. The Morgan fingerprint density at radius 1 is 0.964 bits per heavy atom. The summed E-state index contributed by atoms with van der Waals surface area (Å²) in [7, 11) is 1.83. The van der Waals surface area contributed by atoms with Crippen molar-refractivity contribution in [3.63, 3.8) is 0 Å². The molecule has 0 heterocycles. The summed E-state index contributed by atoms with van der Waals surface area (Å²) in [6.07, 6.45) is 16.0. The molecule has 1 aliphatic carbocycles. The van der Waals surface area contributed by atoms with Crippen molar-refractivity contribution in [1.82, 2.24) is 0 Å². The Labute approximate surface area is 176 Å². The predicted octanol–water partition coefficient (Wildman–Crippen LogP) is 9.08. The second-order valence-corrected chi connectivity index (χ2v) is 6.09. The van der Waals surface area contributed by atoms with E-state index in [4.69, 9.17) is 0 Å². The lowest BCUT2D eigenvalue weighted by Crippen LogP contribution is -1.93. The van der Waals surface area contributed by atoms with Crippen molar-refractivity contribution in [2.45, 2.75) is 87.0 Å². The zero-order valence-electron chi connectivity index (χ0n) is 19.9. The normalized spacial score (nSPS) is 13.1. The van der Waals surface area contributed by atoms with Crippen LogP contribution < -0.4 is 0 Å². The zero-order chi connectivity index (χ0) is 21.6. The van der Waals surface area contributed by atoms with Gasteiger partial charge >= 0.3 is 0 Å². The van der Waals surface area contributed by atoms with Crippen molar-refractivity contribution in [3.05, 3.63) is 65.3 Å². The fourth-order valence-corrected chi connectivity index (χ4v) is 2.47. The Bertz CT molecular complexity index is 572. The first-order valence-electron chi connectivity index (χ1n) is 11.3. The average molecular weight is 384 g/mol. The lowest BCUT2D eigenvalue weighted by molar-refractivity contribution is 0.886. The highest BCUT2D eigenvalue weighted by Gasteiger charge is 2.06. The lowest BCUT2D eigenvalue weighted by atomic mass is 9.92. The van der Waals surface area contributed by atoms with Gasteiger partial charge in [0.25, 0.3) is 0 Å². The van der Waals surface area contributed by atoms with Crippen LogP contribution in [0, 0.1) is 0 Å². The molecule has 0 aliphatic heterocycles. The Morgan fingerprint density at radius 2 is 1.57 bits per heavy atom. The molecular weight excluding hydrogens is 338 g/mol. The highest BCUT2D eigenvalue weighted by atomic mass is 14.6. The molecule has 0 saturated heterocycles. The highest BCUT2D eigenvalue weighted by Crippen LogP contribution is 2.27. The van der Waals surface area contributed by atoms with Crippen LogP contribution in [0.4, 0.5) is 0 Å². The Morgan fingerprint density at radius 3 is 2.07 bits per heavy atom. The summed E-state index contributed by atoms with van der Waals surface area (Å²) in [4.78, 5) is 4.11. The molecule has 1 nitrogen and oxygen atoms in total. The minimum Gasteiger partial charge on any atom is -0.296 e. The number of aliphatic imine (C=N–C) groups is 1. The van der Waals surface area contributed by atoms with Crippen molar-refractivity contribution < 1.29 is 0 Å². The van der Waals surface area contributed by atoms with Gasteiger partial charge in [-0.2, -0.15) is 0 Å². The number of benzene rings is 1. The van der Waals surface area contributed by atoms with E-state index in [2.05, 4.69) is 74.3 Å². The fourth-order valence-electron chi connectivity index (χ4n) is 2.47. The molecule has 0 spiro atoms. The minimum atomic E-state index is 1.04. The molecule has 1 aromatic carbocycles. The predicted molar refractivity (Wildman–Crippen MR) is 132 cm³/mol. The van der Waals surface area contributed by atoms with Crippen molar-refractivity contribution in [1.29, 1.82) is 0 Å². The summed E-state index contributed by atoms with van der Waals surface area (Å²) in [5.74, 6) is 0. The average Bonchev–Trinajstić information content (AvgIpc) is 2.80. The number of allylic oxidation sites excluding steroid dienone is 6. The van der Waals surface area contributed by atoms with E-state index in [0.29, 0.717) is 0 Å². The van der Waals surface area contributed by atoms with Crippen LogP contribution in [0.3, 0.4) is 0 Å². The monoisotopic (exact) mass is 383 g/mol. The molecule has 0 atom stereocenters. The largest absolute Gasteiger partial charge is 0.296 e. The summed E-state index contributed by atoms with van der Waals surface area (Å²) in [6.45, 7) is 14.5. The van der Waals surface area contributed by atoms with E-state index in [1.165, 1.54) is 41.5 Å². The molecule has 1 aliphatic rings. The van der Waals surface area contributed by atoms with E-state index >= 15 is 0 Å². The molecule has 28 heavy (non-hydrogen) atoms. The van der Waals surface area contributed by atoms with Gasteiger partial charge < -0.3 is 0 Å². The van der Waals surface area contributed by atoms with Crippen LogP contribution in [-0.4, -0.2) is 13.3 Å². The molecule has 0 N–H and O–H groups in total.